The van der Waals surface area contributed by atoms with Gasteiger partial charge in [-0.05, 0) is 64.4 Å². The lowest BCUT2D eigenvalue weighted by Gasteiger charge is -2.30. The molecule has 3 aliphatic carbocycles. The van der Waals surface area contributed by atoms with Crippen LogP contribution in [0.25, 0.3) is 0 Å². The Bertz CT molecular complexity index is 1540. The molecule has 0 bridgehead atoms. The number of nitrogens with zero attached hydrogens (tertiary/aromatic N) is 2. The van der Waals surface area contributed by atoms with Gasteiger partial charge in [0.05, 0.1) is 18.4 Å². The second-order valence-electron chi connectivity index (χ2n) is 13.8. The SMILES string of the molecule is CCOc1cc(O[C@@H]2C[C@H]3C(=O)N[C@]4(C(=O)NS(=O)(=O)C5CC5)C[C@H]4/C=C/CCCCC[C@H](NC(=O)C4(C)CC4)C(=O)N3C2)ccn1. The van der Waals surface area contributed by atoms with Crippen molar-refractivity contribution in [3.05, 3.63) is 30.5 Å². The van der Waals surface area contributed by atoms with Crippen LogP contribution in [0.3, 0.4) is 0 Å². The number of carbonyl (C=O) groups is 4. The highest BCUT2D eigenvalue weighted by atomic mass is 32.2. The van der Waals surface area contributed by atoms with Crippen LogP contribution in [0.4, 0.5) is 0 Å². The van der Waals surface area contributed by atoms with Crippen LogP contribution in [0.2, 0.25) is 0 Å². The van der Waals surface area contributed by atoms with Crippen LogP contribution < -0.4 is 24.8 Å². The summed E-state index contributed by atoms with van der Waals surface area (Å²) in [6.07, 6.45) is 11.2. The first-order valence-corrected chi connectivity index (χ1v) is 18.4. The third-order valence-electron chi connectivity index (χ3n) is 10.00. The van der Waals surface area contributed by atoms with Gasteiger partial charge < -0.3 is 25.0 Å². The van der Waals surface area contributed by atoms with Gasteiger partial charge in [-0.1, -0.05) is 31.9 Å². The Morgan fingerprint density at radius 2 is 1.91 bits per heavy atom. The fraction of sp³-hybridized carbons (Fsp3) is 0.667. The normalized spacial score (nSPS) is 31.1. The Morgan fingerprint density at radius 1 is 1.13 bits per heavy atom. The number of sulfonamides is 1. The molecule has 13 nitrogen and oxygen atoms in total. The Morgan fingerprint density at radius 3 is 2.64 bits per heavy atom. The van der Waals surface area contributed by atoms with E-state index in [1.54, 1.807) is 18.3 Å². The number of pyridine rings is 1. The number of hydrogen-bond acceptors (Lipinski definition) is 9. The zero-order valence-electron chi connectivity index (χ0n) is 27.0. The highest BCUT2D eigenvalue weighted by Gasteiger charge is 2.62. The fourth-order valence-corrected chi connectivity index (χ4v) is 7.84. The zero-order valence-corrected chi connectivity index (χ0v) is 27.9. The predicted octanol–water partition coefficient (Wildman–Crippen LogP) is 2.12. The van der Waals surface area contributed by atoms with Gasteiger partial charge in [-0.3, -0.25) is 23.9 Å². The van der Waals surface area contributed by atoms with E-state index in [4.69, 9.17) is 9.47 Å². The number of amides is 4. The summed E-state index contributed by atoms with van der Waals surface area (Å²) in [5, 5.41) is 5.27. The molecule has 6 rings (SSSR count). The van der Waals surface area contributed by atoms with E-state index in [-0.39, 0.29) is 37.1 Å². The average Bonchev–Trinajstić information content (AvgIpc) is 3.95. The minimum absolute atomic E-state index is 0.0748. The first-order chi connectivity index (χ1) is 22.4. The summed E-state index contributed by atoms with van der Waals surface area (Å²) < 4.78 is 39.4. The van der Waals surface area contributed by atoms with Crippen LogP contribution in [-0.4, -0.2) is 84.1 Å². The Labute approximate surface area is 275 Å². The third kappa shape index (κ3) is 7.42. The van der Waals surface area contributed by atoms with E-state index in [0.29, 0.717) is 43.9 Å². The molecule has 0 aromatic carbocycles. The Balaban J connectivity index is 1.27. The van der Waals surface area contributed by atoms with E-state index in [1.165, 1.54) is 4.90 Å². The third-order valence-corrected chi connectivity index (χ3v) is 11.8. The average molecular weight is 672 g/mol. The number of allylic oxidation sites excluding steroid dienone is 1. The molecule has 3 heterocycles. The molecule has 256 valence electrons. The summed E-state index contributed by atoms with van der Waals surface area (Å²) in [5.74, 6) is -1.42. The van der Waals surface area contributed by atoms with Crippen molar-refractivity contribution >= 4 is 33.7 Å². The Hall–Kier alpha value is -3.68. The van der Waals surface area contributed by atoms with Crippen LogP contribution in [-0.2, 0) is 29.2 Å². The first-order valence-electron chi connectivity index (χ1n) is 16.9. The lowest BCUT2D eigenvalue weighted by Crippen LogP contribution is -2.58. The maximum Gasteiger partial charge on any atom is 0.259 e. The first kappa shape index (κ1) is 33.2. The van der Waals surface area contributed by atoms with E-state index in [9.17, 15) is 27.6 Å². The second kappa shape index (κ2) is 13.1. The molecule has 3 N–H and O–H groups in total. The molecular weight excluding hydrogens is 626 g/mol. The molecule has 5 atom stereocenters. The van der Waals surface area contributed by atoms with E-state index >= 15 is 0 Å². The molecule has 1 aromatic rings. The van der Waals surface area contributed by atoms with Gasteiger partial charge in [0.25, 0.3) is 5.91 Å². The van der Waals surface area contributed by atoms with Crippen molar-refractivity contribution in [2.75, 3.05) is 13.2 Å². The molecule has 4 amide bonds. The summed E-state index contributed by atoms with van der Waals surface area (Å²) in [5.41, 5.74) is -1.94. The van der Waals surface area contributed by atoms with E-state index < -0.39 is 56.2 Å². The molecule has 1 saturated heterocycles. The van der Waals surface area contributed by atoms with Crippen molar-refractivity contribution in [2.24, 2.45) is 11.3 Å². The standard InChI is InChI=1S/C33H45N5O8S/c1-3-45-27-18-22(13-16-34-27)46-23-17-26-28(39)36-33(31(42)37-47(43,44)24-11-12-24)19-21(33)9-7-5-4-6-8-10-25(29(40)38(26)20-23)35-30(41)32(2)14-15-32/h7,9,13,16,18,21,23-26H,3-6,8,10-12,14-15,17,19-20H2,1-2H3,(H,35,41)(H,36,39)(H,37,42)/b9-7+/t21-,23-,25+,26+,33-/m1/s1. The minimum atomic E-state index is -3.85. The molecule has 0 unspecified atom stereocenters. The smallest absolute Gasteiger partial charge is 0.259 e. The lowest BCUT2D eigenvalue weighted by molar-refractivity contribution is -0.143. The maximum atomic E-state index is 14.3. The summed E-state index contributed by atoms with van der Waals surface area (Å²) in [4.78, 5) is 60.7. The van der Waals surface area contributed by atoms with Crippen molar-refractivity contribution in [3.63, 3.8) is 0 Å². The number of hydrogen-bond donors (Lipinski definition) is 3. The van der Waals surface area contributed by atoms with E-state index in [2.05, 4.69) is 20.3 Å². The minimum Gasteiger partial charge on any atom is -0.488 e. The molecule has 47 heavy (non-hydrogen) atoms. The van der Waals surface area contributed by atoms with E-state index in [0.717, 1.165) is 32.1 Å². The van der Waals surface area contributed by atoms with Gasteiger partial charge in [0.15, 0.2) is 0 Å². The van der Waals surface area contributed by atoms with Crippen molar-refractivity contribution < 1.29 is 37.1 Å². The van der Waals surface area contributed by atoms with Crippen LogP contribution in [0, 0.1) is 11.3 Å². The van der Waals surface area contributed by atoms with Crippen molar-refractivity contribution in [3.8, 4) is 11.6 Å². The molecule has 4 fully saturated rings. The van der Waals surface area contributed by atoms with Crippen molar-refractivity contribution in [1.82, 2.24) is 25.2 Å². The number of nitrogens with one attached hydrogen (secondary N) is 3. The number of carbonyl (C=O) groups excluding carboxylic acids is 4. The van der Waals surface area contributed by atoms with Gasteiger partial charge in [-0.25, -0.2) is 13.4 Å². The molecule has 1 aromatic heterocycles. The second-order valence-corrected chi connectivity index (χ2v) is 15.8. The highest BCUT2D eigenvalue weighted by molar-refractivity contribution is 7.91. The van der Waals surface area contributed by atoms with E-state index in [1.807, 2.05) is 26.0 Å². The van der Waals surface area contributed by atoms with Crippen LogP contribution in [0.5, 0.6) is 11.6 Å². The monoisotopic (exact) mass is 671 g/mol. The molecule has 14 heteroatoms. The summed E-state index contributed by atoms with van der Waals surface area (Å²) in [6.45, 7) is 4.22. The molecule has 0 spiro atoms. The number of fused-ring (bicyclic) bond motifs is 2. The Kier molecular flexibility index (Phi) is 9.25. The molecule has 3 saturated carbocycles. The lowest BCUT2D eigenvalue weighted by atomic mass is 10.0. The van der Waals surface area contributed by atoms with Gasteiger partial charge in [0.2, 0.25) is 33.6 Å². The van der Waals surface area contributed by atoms with Crippen molar-refractivity contribution in [1.29, 1.82) is 0 Å². The maximum absolute atomic E-state index is 14.3. The topological polar surface area (TPSA) is 173 Å². The highest BCUT2D eigenvalue weighted by Crippen LogP contribution is 2.47. The summed E-state index contributed by atoms with van der Waals surface area (Å²) >= 11 is 0. The molecule has 0 radical (unpaired) electrons. The van der Waals surface area contributed by atoms with Crippen LogP contribution in [0.15, 0.2) is 30.5 Å². The van der Waals surface area contributed by atoms with Gasteiger partial charge >= 0.3 is 0 Å². The largest absolute Gasteiger partial charge is 0.488 e. The number of ether oxygens (including phenoxy) is 2. The summed E-state index contributed by atoms with van der Waals surface area (Å²) in [6, 6.07) is 1.47. The van der Waals surface area contributed by atoms with Crippen LogP contribution in [0.1, 0.15) is 84.5 Å². The number of rotatable bonds is 9. The fourth-order valence-electron chi connectivity index (χ4n) is 6.48. The molecule has 2 aliphatic heterocycles. The zero-order chi connectivity index (χ0) is 33.4. The van der Waals surface area contributed by atoms with Gasteiger partial charge in [-0.15, -0.1) is 0 Å². The molecule has 5 aliphatic rings. The van der Waals surface area contributed by atoms with Gasteiger partial charge in [-0.2, -0.15) is 0 Å². The van der Waals surface area contributed by atoms with Crippen LogP contribution >= 0.6 is 0 Å². The number of aromatic nitrogens is 1. The van der Waals surface area contributed by atoms with Gasteiger partial charge in [0, 0.05) is 30.0 Å². The summed E-state index contributed by atoms with van der Waals surface area (Å²) in [7, 11) is -3.85. The quantitative estimate of drug-likeness (QED) is 0.333. The van der Waals surface area contributed by atoms with Crippen molar-refractivity contribution in [2.45, 2.75) is 113 Å². The molecular formula is C33H45N5O8S. The van der Waals surface area contributed by atoms with Gasteiger partial charge in [0.1, 0.15) is 29.5 Å². The predicted molar refractivity (Wildman–Crippen MR) is 171 cm³/mol.